The molecule has 0 atom stereocenters. The second kappa shape index (κ2) is 8.71. The van der Waals surface area contributed by atoms with Crippen molar-refractivity contribution < 1.29 is 27.8 Å². The zero-order valence-corrected chi connectivity index (χ0v) is 18.5. The number of halogens is 3. The van der Waals surface area contributed by atoms with Crippen LogP contribution in [0.25, 0.3) is 16.6 Å². The monoisotopic (exact) mass is 491 g/mol. The van der Waals surface area contributed by atoms with Crippen LogP contribution in [-0.4, -0.2) is 34.8 Å². The summed E-state index contributed by atoms with van der Waals surface area (Å²) in [6.45, 7) is -0.0717. The van der Waals surface area contributed by atoms with Gasteiger partial charge in [-0.05, 0) is 29.8 Å². The molecule has 12 heteroatoms. The van der Waals surface area contributed by atoms with E-state index in [9.17, 15) is 32.7 Å². The van der Waals surface area contributed by atoms with Crippen LogP contribution in [0.4, 0.5) is 18.9 Å². The molecule has 0 spiro atoms. The fraction of sp³-hybridized carbons (Fsp3) is 0.136. The number of aromatic amines is 1. The van der Waals surface area contributed by atoms with Gasteiger partial charge < -0.3 is 19.7 Å². The van der Waals surface area contributed by atoms with Gasteiger partial charge in [0.05, 0.1) is 23.7 Å². The number of hydrogen-bond acceptors (Lipinski definition) is 6. The Kier molecular flexibility index (Phi) is 5.92. The van der Waals surface area contributed by atoms with Gasteiger partial charge in [-0.2, -0.15) is 0 Å². The molecular weight excluding hydrogens is 475 g/mol. The van der Waals surface area contributed by atoms with Crippen LogP contribution in [0.2, 0.25) is 0 Å². The lowest BCUT2D eigenvalue weighted by Gasteiger charge is -2.23. The first-order chi connectivity index (χ1) is 16.1. The van der Waals surface area contributed by atoms with Gasteiger partial charge in [0.25, 0.3) is 5.56 Å². The predicted molar refractivity (Wildman–Crippen MR) is 120 cm³/mol. The third-order valence-electron chi connectivity index (χ3n) is 5.15. The molecule has 2 N–H and O–H groups in total. The largest absolute Gasteiger partial charge is 0.494 e. The molecule has 4 aromatic rings. The molecule has 4 rings (SSSR count). The van der Waals surface area contributed by atoms with Crippen molar-refractivity contribution in [3.63, 3.8) is 0 Å². The van der Waals surface area contributed by atoms with Crippen molar-refractivity contribution in [2.24, 2.45) is 0 Å². The number of fused-ring (bicyclic) bond motifs is 1. The van der Waals surface area contributed by atoms with Crippen LogP contribution in [0, 0.1) is 17.5 Å². The van der Waals surface area contributed by atoms with Crippen LogP contribution in [0.15, 0.2) is 45.3 Å². The van der Waals surface area contributed by atoms with Gasteiger partial charge in [0.15, 0.2) is 11.6 Å². The first-order valence-corrected chi connectivity index (χ1v) is 10.5. The Morgan fingerprint density at radius 2 is 1.88 bits per heavy atom. The Morgan fingerprint density at radius 1 is 1.18 bits per heavy atom. The summed E-state index contributed by atoms with van der Waals surface area (Å²) < 4.78 is 48.6. The molecule has 0 aliphatic heterocycles. The van der Waals surface area contributed by atoms with Gasteiger partial charge >= 0.3 is 11.7 Å². The SMILES string of the molecule is COc1ccc(F)c(F)c1N(C)Cc1ccc(F)c(-n2c(=O)[nH]c3csc(C(=O)O)c3c2=O)c1. The third kappa shape index (κ3) is 3.81. The number of carboxylic acids is 1. The first-order valence-electron chi connectivity index (χ1n) is 9.65. The van der Waals surface area contributed by atoms with Crippen molar-refractivity contribution in [1.29, 1.82) is 0 Å². The molecule has 2 heterocycles. The van der Waals surface area contributed by atoms with Gasteiger partial charge in [-0.3, -0.25) is 4.79 Å². The predicted octanol–water partition coefficient (Wildman–Crippen LogP) is 3.50. The standard InChI is InChI=1S/C22H16F3N3O5S/c1-27(18-15(33-2)6-5-12(24)17(18)25)8-10-3-4-11(23)14(7-10)28-20(29)16-13(26-22(28)32)9-34-19(16)21(30)31/h3-7,9H,8H2,1-2H3,(H,26,32)(H,30,31). The smallest absolute Gasteiger partial charge is 0.346 e. The topological polar surface area (TPSA) is 105 Å². The van der Waals surface area contributed by atoms with Crippen molar-refractivity contribution in [2.75, 3.05) is 19.1 Å². The van der Waals surface area contributed by atoms with E-state index >= 15 is 0 Å². The maximum absolute atomic E-state index is 14.7. The second-order valence-electron chi connectivity index (χ2n) is 7.28. The normalized spacial score (nSPS) is 11.1. The Labute approximate surface area is 193 Å². The minimum atomic E-state index is -1.36. The van der Waals surface area contributed by atoms with Crippen LogP contribution < -0.4 is 20.9 Å². The average molecular weight is 491 g/mol. The molecule has 0 aliphatic carbocycles. The highest BCUT2D eigenvalue weighted by Crippen LogP contribution is 2.33. The number of thiophene rings is 1. The van der Waals surface area contributed by atoms with E-state index in [1.54, 1.807) is 0 Å². The summed E-state index contributed by atoms with van der Waals surface area (Å²) in [6.07, 6.45) is 0. The maximum atomic E-state index is 14.7. The number of aromatic carboxylic acids is 1. The molecule has 0 bridgehead atoms. The molecule has 0 radical (unpaired) electrons. The van der Waals surface area contributed by atoms with E-state index in [2.05, 4.69) is 4.98 Å². The lowest BCUT2D eigenvalue weighted by Crippen LogP contribution is -2.34. The number of anilines is 1. The molecular formula is C22H16F3N3O5S. The summed E-state index contributed by atoms with van der Waals surface area (Å²) in [5.74, 6) is -4.43. The lowest BCUT2D eigenvalue weighted by molar-refractivity contribution is 0.0704. The molecule has 8 nitrogen and oxygen atoms in total. The van der Waals surface area contributed by atoms with Gasteiger partial charge in [0.2, 0.25) is 0 Å². The number of aromatic nitrogens is 2. The number of nitrogens with one attached hydrogen (secondary N) is 1. The molecule has 34 heavy (non-hydrogen) atoms. The molecule has 2 aromatic carbocycles. The summed E-state index contributed by atoms with van der Waals surface area (Å²) in [7, 11) is 2.75. The molecule has 176 valence electrons. The van der Waals surface area contributed by atoms with E-state index < -0.39 is 40.4 Å². The summed E-state index contributed by atoms with van der Waals surface area (Å²) in [6, 6.07) is 5.75. The molecule has 0 saturated carbocycles. The Hall–Kier alpha value is -4.06. The quantitative estimate of drug-likeness (QED) is 0.428. The summed E-state index contributed by atoms with van der Waals surface area (Å²) in [5, 5.41) is 10.4. The van der Waals surface area contributed by atoms with Gasteiger partial charge in [0.1, 0.15) is 22.1 Å². The third-order valence-corrected chi connectivity index (χ3v) is 6.12. The van der Waals surface area contributed by atoms with E-state index in [1.807, 2.05) is 0 Å². The van der Waals surface area contributed by atoms with Gasteiger partial charge in [0, 0.05) is 19.0 Å². The fourth-order valence-corrected chi connectivity index (χ4v) is 4.47. The van der Waals surface area contributed by atoms with E-state index in [-0.39, 0.29) is 33.8 Å². The minimum absolute atomic E-state index is 0.0265. The molecule has 2 aromatic heterocycles. The van der Waals surface area contributed by atoms with Crippen LogP contribution >= 0.6 is 11.3 Å². The zero-order chi connectivity index (χ0) is 24.7. The highest BCUT2D eigenvalue weighted by atomic mass is 32.1. The van der Waals surface area contributed by atoms with Crippen LogP contribution in [-0.2, 0) is 6.54 Å². The number of methoxy groups -OCH3 is 1. The van der Waals surface area contributed by atoms with Crippen molar-refractivity contribution in [3.8, 4) is 11.4 Å². The number of rotatable bonds is 6. The molecule has 0 fully saturated rings. The van der Waals surface area contributed by atoms with Crippen molar-refractivity contribution in [1.82, 2.24) is 9.55 Å². The van der Waals surface area contributed by atoms with Crippen molar-refractivity contribution in [2.45, 2.75) is 6.54 Å². The minimum Gasteiger partial charge on any atom is -0.494 e. The Balaban J connectivity index is 1.82. The lowest BCUT2D eigenvalue weighted by atomic mass is 10.1. The first kappa shape index (κ1) is 23.1. The number of hydrogen-bond donors (Lipinski definition) is 2. The molecule has 0 amide bonds. The summed E-state index contributed by atoms with van der Waals surface area (Å²) in [4.78, 5) is 40.5. The molecule has 0 saturated heterocycles. The summed E-state index contributed by atoms with van der Waals surface area (Å²) in [5.41, 5.74) is -2.19. The number of ether oxygens (including phenoxy) is 1. The highest BCUT2D eigenvalue weighted by Gasteiger charge is 2.22. The number of nitrogens with zero attached hydrogens (tertiary/aromatic N) is 2. The van der Waals surface area contributed by atoms with Crippen molar-refractivity contribution >= 4 is 33.9 Å². The van der Waals surface area contributed by atoms with Crippen molar-refractivity contribution in [3.05, 3.63) is 84.4 Å². The molecule has 0 aliphatic rings. The van der Waals surface area contributed by atoms with E-state index in [0.717, 1.165) is 23.5 Å². The van der Waals surface area contributed by atoms with Gasteiger partial charge in [-0.1, -0.05) is 6.07 Å². The number of H-pyrrole nitrogens is 1. The average Bonchev–Trinajstić information content (AvgIpc) is 3.21. The second-order valence-corrected chi connectivity index (χ2v) is 8.16. The van der Waals surface area contributed by atoms with E-state index in [4.69, 9.17) is 4.74 Å². The fourth-order valence-electron chi connectivity index (χ4n) is 3.64. The highest BCUT2D eigenvalue weighted by molar-refractivity contribution is 7.13. The van der Waals surface area contributed by atoms with Crippen LogP contribution in [0.1, 0.15) is 15.2 Å². The van der Waals surface area contributed by atoms with E-state index in [0.29, 0.717) is 10.1 Å². The number of carboxylic acid groups (broad SMARTS) is 1. The number of carbonyl (C=O) groups is 1. The van der Waals surface area contributed by atoms with Gasteiger partial charge in [-0.15, -0.1) is 11.3 Å². The van der Waals surface area contributed by atoms with E-state index in [1.165, 1.54) is 42.6 Å². The Morgan fingerprint density at radius 3 is 2.56 bits per heavy atom. The van der Waals surface area contributed by atoms with Gasteiger partial charge in [-0.25, -0.2) is 27.3 Å². The van der Waals surface area contributed by atoms with Crippen LogP contribution in [0.5, 0.6) is 5.75 Å². The number of benzene rings is 2. The zero-order valence-electron chi connectivity index (χ0n) is 17.7. The van der Waals surface area contributed by atoms with Crippen LogP contribution in [0.3, 0.4) is 0 Å². The maximum Gasteiger partial charge on any atom is 0.346 e. The Bertz CT molecular complexity index is 1560. The summed E-state index contributed by atoms with van der Waals surface area (Å²) >= 11 is 0.756. The molecule has 0 unspecified atom stereocenters.